The summed E-state index contributed by atoms with van der Waals surface area (Å²) in [7, 11) is -4.57. The minimum atomic E-state index is -4.84. The first-order valence-corrected chi connectivity index (χ1v) is 11.0. The zero-order chi connectivity index (χ0) is 22.5. The van der Waals surface area contributed by atoms with Crippen molar-refractivity contribution in [1.29, 1.82) is 0 Å². The van der Waals surface area contributed by atoms with Gasteiger partial charge in [-0.2, -0.15) is 13.2 Å². The quantitative estimate of drug-likeness (QED) is 0.514. The van der Waals surface area contributed by atoms with E-state index in [4.69, 9.17) is 16.3 Å². The molecule has 0 saturated carbocycles. The van der Waals surface area contributed by atoms with Crippen molar-refractivity contribution in [3.05, 3.63) is 71.2 Å². The molecule has 0 unspecified atom stereocenters. The van der Waals surface area contributed by atoms with Crippen molar-refractivity contribution in [3.63, 3.8) is 0 Å². The molecule has 0 saturated heterocycles. The first-order valence-electron chi connectivity index (χ1n) is 8.98. The lowest BCUT2D eigenvalue weighted by molar-refractivity contribution is -0.106. The first kappa shape index (κ1) is 22.8. The predicted molar refractivity (Wildman–Crippen MR) is 112 cm³/mol. The molecule has 0 atom stereocenters. The molecule has 164 valence electrons. The fourth-order valence-corrected chi connectivity index (χ4v) is 3.76. The maximum atomic E-state index is 12.4. The topological polar surface area (TPSA) is 81.2 Å². The van der Waals surface area contributed by atoms with Gasteiger partial charge in [0.05, 0.1) is 12.3 Å². The van der Waals surface area contributed by atoms with Gasteiger partial charge in [-0.15, -0.1) is 10.2 Å². The fourth-order valence-electron chi connectivity index (χ4n) is 2.65. The highest BCUT2D eigenvalue weighted by atomic mass is 35.5. The van der Waals surface area contributed by atoms with Gasteiger partial charge in [-0.3, -0.25) is 4.72 Å². The van der Waals surface area contributed by atoms with E-state index in [-0.39, 0.29) is 5.69 Å². The number of halogens is 4. The van der Waals surface area contributed by atoms with Gasteiger partial charge in [0.25, 0.3) is 0 Å². The number of nitrogens with one attached hydrogen (secondary N) is 1. The Balaban J connectivity index is 1.61. The zero-order valence-corrected chi connectivity index (χ0v) is 17.5. The van der Waals surface area contributed by atoms with Gasteiger partial charge in [-0.25, -0.2) is 8.42 Å². The molecule has 0 fully saturated rings. The summed E-state index contributed by atoms with van der Waals surface area (Å²) >= 11 is 5.85. The van der Waals surface area contributed by atoms with E-state index < -0.39 is 22.0 Å². The molecule has 31 heavy (non-hydrogen) atoms. The fraction of sp³-hybridized carbons (Fsp3) is 0.200. The van der Waals surface area contributed by atoms with Crippen LogP contribution in [-0.2, 0) is 16.4 Å². The van der Waals surface area contributed by atoms with Crippen LogP contribution in [0.1, 0.15) is 5.56 Å². The molecule has 0 aliphatic carbocycles. The predicted octanol–water partition coefficient (Wildman–Crippen LogP) is 4.72. The van der Waals surface area contributed by atoms with Crippen molar-refractivity contribution >= 4 is 27.3 Å². The van der Waals surface area contributed by atoms with Gasteiger partial charge in [0, 0.05) is 28.8 Å². The van der Waals surface area contributed by atoms with Gasteiger partial charge in [0.2, 0.25) is 15.9 Å². The average Bonchev–Trinajstić information content (AvgIpc) is 2.68. The number of sulfonamides is 1. The van der Waals surface area contributed by atoms with Gasteiger partial charge in [-0.1, -0.05) is 35.9 Å². The largest absolute Gasteiger partial charge is 0.476 e. The van der Waals surface area contributed by atoms with Crippen LogP contribution < -0.4 is 9.46 Å². The van der Waals surface area contributed by atoms with Crippen LogP contribution in [0.2, 0.25) is 5.02 Å². The molecule has 6 nitrogen and oxygen atoms in total. The zero-order valence-electron chi connectivity index (χ0n) is 15.9. The third-order valence-corrected chi connectivity index (χ3v) is 5.49. The van der Waals surface area contributed by atoms with E-state index in [9.17, 15) is 21.6 Å². The average molecular weight is 472 g/mol. The molecule has 3 rings (SSSR count). The van der Waals surface area contributed by atoms with E-state index in [0.29, 0.717) is 35.2 Å². The number of ether oxygens (including phenoxy) is 1. The number of alkyl halides is 3. The van der Waals surface area contributed by atoms with Crippen LogP contribution >= 0.6 is 11.6 Å². The lowest BCUT2D eigenvalue weighted by Crippen LogP contribution is -2.27. The van der Waals surface area contributed by atoms with Crippen LogP contribution in [0.4, 0.5) is 18.9 Å². The van der Waals surface area contributed by atoms with E-state index in [0.717, 1.165) is 5.56 Å². The molecule has 11 heteroatoms. The number of nitrogens with zero attached hydrogens (tertiary/aromatic N) is 2. The Morgan fingerprint density at radius 3 is 2.39 bits per heavy atom. The second-order valence-corrected chi connectivity index (χ2v) is 8.70. The van der Waals surface area contributed by atoms with Crippen LogP contribution in [0.15, 0.2) is 60.7 Å². The number of rotatable bonds is 8. The Morgan fingerprint density at radius 2 is 1.74 bits per heavy atom. The van der Waals surface area contributed by atoms with E-state index in [1.54, 1.807) is 30.3 Å². The molecular weight excluding hydrogens is 455 g/mol. The summed E-state index contributed by atoms with van der Waals surface area (Å²) < 4.78 is 67.9. The Kier molecular flexibility index (Phi) is 7.01. The standard InChI is InChI=1S/C20H17ClF3N3O3S/c21-16-6-4-14(5-7-16)10-11-30-19-9-8-18(25-26-19)15-2-1-3-17(12-15)27-31(28,29)13-20(22,23)24/h1-9,12,27H,10-11,13H2. The number of benzene rings is 2. The maximum Gasteiger partial charge on any atom is 0.404 e. The highest BCUT2D eigenvalue weighted by molar-refractivity contribution is 7.92. The lowest BCUT2D eigenvalue weighted by Gasteiger charge is -2.11. The Hall–Kier alpha value is -2.85. The summed E-state index contributed by atoms with van der Waals surface area (Å²) in [5.41, 5.74) is 1.93. The van der Waals surface area contributed by atoms with Crippen LogP contribution in [0.5, 0.6) is 5.88 Å². The third-order valence-electron chi connectivity index (χ3n) is 3.98. The Labute approximate surface area is 182 Å². The van der Waals surface area contributed by atoms with Crippen LogP contribution in [0, 0.1) is 0 Å². The number of hydrogen-bond acceptors (Lipinski definition) is 5. The molecule has 0 spiro atoms. The lowest BCUT2D eigenvalue weighted by atomic mass is 10.1. The summed E-state index contributed by atoms with van der Waals surface area (Å²) in [4.78, 5) is 0. The van der Waals surface area contributed by atoms with Crippen molar-refractivity contribution in [3.8, 4) is 17.1 Å². The molecule has 3 aromatic rings. The van der Waals surface area contributed by atoms with E-state index in [2.05, 4.69) is 10.2 Å². The summed E-state index contributed by atoms with van der Waals surface area (Å²) in [5, 5.41) is 8.66. The maximum absolute atomic E-state index is 12.4. The molecule has 0 amide bonds. The highest BCUT2D eigenvalue weighted by Gasteiger charge is 2.35. The third kappa shape index (κ3) is 7.41. The minimum absolute atomic E-state index is 0.00755. The molecule has 1 N–H and O–H groups in total. The van der Waals surface area contributed by atoms with Gasteiger partial charge in [-0.05, 0) is 35.9 Å². The molecule has 1 aromatic heterocycles. The summed E-state index contributed by atoms with van der Waals surface area (Å²) in [6, 6.07) is 16.5. The minimum Gasteiger partial charge on any atom is -0.476 e. The summed E-state index contributed by atoms with van der Waals surface area (Å²) in [5.74, 6) is -1.66. The van der Waals surface area contributed by atoms with Crippen LogP contribution in [0.3, 0.4) is 0 Å². The molecule has 1 heterocycles. The molecule has 2 aromatic carbocycles. The van der Waals surface area contributed by atoms with Crippen molar-refractivity contribution in [2.75, 3.05) is 17.1 Å². The normalized spacial score (nSPS) is 11.9. The van der Waals surface area contributed by atoms with E-state index in [1.165, 1.54) is 18.2 Å². The van der Waals surface area contributed by atoms with Crippen molar-refractivity contribution in [2.45, 2.75) is 12.6 Å². The Bertz CT molecular complexity index is 1120. The SMILES string of the molecule is O=S(=O)(CC(F)(F)F)Nc1cccc(-c2ccc(OCCc3ccc(Cl)cc3)nn2)c1. The van der Waals surface area contributed by atoms with E-state index in [1.807, 2.05) is 16.9 Å². The summed E-state index contributed by atoms with van der Waals surface area (Å²) in [6.07, 6.45) is -4.18. The second-order valence-electron chi connectivity index (χ2n) is 6.54. The number of anilines is 1. The van der Waals surface area contributed by atoms with Crippen LogP contribution in [-0.4, -0.2) is 37.2 Å². The van der Waals surface area contributed by atoms with Gasteiger partial charge in [0.1, 0.15) is 0 Å². The molecule has 0 aliphatic rings. The van der Waals surface area contributed by atoms with Gasteiger partial charge < -0.3 is 4.74 Å². The van der Waals surface area contributed by atoms with Crippen molar-refractivity contribution in [2.24, 2.45) is 0 Å². The molecule has 0 aliphatic heterocycles. The summed E-state index contributed by atoms with van der Waals surface area (Å²) in [6.45, 7) is 0.381. The molecular formula is C20H17ClF3N3O3S. The highest BCUT2D eigenvalue weighted by Crippen LogP contribution is 2.24. The second kappa shape index (κ2) is 9.52. The smallest absolute Gasteiger partial charge is 0.404 e. The van der Waals surface area contributed by atoms with E-state index >= 15 is 0 Å². The van der Waals surface area contributed by atoms with Gasteiger partial charge in [0.15, 0.2) is 5.75 Å². The Morgan fingerprint density at radius 1 is 1.00 bits per heavy atom. The molecule has 0 bridgehead atoms. The van der Waals surface area contributed by atoms with Crippen LogP contribution in [0.25, 0.3) is 11.3 Å². The van der Waals surface area contributed by atoms with Crippen molar-refractivity contribution < 1.29 is 26.3 Å². The van der Waals surface area contributed by atoms with Crippen molar-refractivity contribution in [1.82, 2.24) is 10.2 Å². The number of hydrogen-bond donors (Lipinski definition) is 1. The number of aromatic nitrogens is 2. The molecule has 0 radical (unpaired) electrons. The first-order chi connectivity index (χ1) is 14.6. The van der Waals surface area contributed by atoms with Gasteiger partial charge >= 0.3 is 6.18 Å². The monoisotopic (exact) mass is 471 g/mol.